The Bertz CT molecular complexity index is 743. The van der Waals surface area contributed by atoms with Crippen molar-refractivity contribution in [3.05, 3.63) is 51.3 Å². The minimum Gasteiger partial charge on any atom is -0.379 e. The molecular formula is C17H21Cl2N3O2. The van der Waals surface area contributed by atoms with E-state index in [0.29, 0.717) is 17.1 Å². The fourth-order valence-corrected chi connectivity index (χ4v) is 2.87. The Morgan fingerprint density at radius 3 is 2.67 bits per heavy atom. The summed E-state index contributed by atoms with van der Waals surface area (Å²) in [6.45, 7) is 6.52. The third kappa shape index (κ3) is 4.57. The van der Waals surface area contributed by atoms with Gasteiger partial charge in [0.15, 0.2) is 0 Å². The van der Waals surface area contributed by atoms with E-state index >= 15 is 0 Å². The molecule has 0 amide bonds. The van der Waals surface area contributed by atoms with Gasteiger partial charge in [0.05, 0.1) is 25.5 Å². The van der Waals surface area contributed by atoms with Gasteiger partial charge in [0.1, 0.15) is 0 Å². The molecule has 1 fully saturated rings. The lowest BCUT2D eigenvalue weighted by Crippen LogP contribution is -2.40. The van der Waals surface area contributed by atoms with Crippen LogP contribution in [-0.4, -0.2) is 47.5 Å². The van der Waals surface area contributed by atoms with Crippen molar-refractivity contribution in [2.75, 3.05) is 32.8 Å². The van der Waals surface area contributed by atoms with Crippen molar-refractivity contribution in [1.82, 2.24) is 14.7 Å². The Kier molecular flexibility index (Phi) is 6.80. The second kappa shape index (κ2) is 8.62. The third-order valence-corrected chi connectivity index (χ3v) is 4.24. The van der Waals surface area contributed by atoms with Crippen molar-refractivity contribution in [3.63, 3.8) is 0 Å². The molecule has 3 rings (SSSR count). The van der Waals surface area contributed by atoms with E-state index in [9.17, 15) is 4.79 Å². The van der Waals surface area contributed by atoms with E-state index < -0.39 is 0 Å². The van der Waals surface area contributed by atoms with Crippen LogP contribution in [0, 0.1) is 6.92 Å². The van der Waals surface area contributed by atoms with Crippen LogP contribution in [0.4, 0.5) is 0 Å². The lowest BCUT2D eigenvalue weighted by molar-refractivity contribution is 0.0358. The summed E-state index contributed by atoms with van der Waals surface area (Å²) in [5.41, 5.74) is 2.34. The summed E-state index contributed by atoms with van der Waals surface area (Å²) >= 11 is 6.05. The third-order valence-electron chi connectivity index (χ3n) is 4.01. The normalized spacial score (nSPS) is 15.1. The Labute approximate surface area is 152 Å². The number of hydrogen-bond donors (Lipinski definition) is 0. The first-order chi connectivity index (χ1) is 11.1. The van der Waals surface area contributed by atoms with Gasteiger partial charge < -0.3 is 4.74 Å². The van der Waals surface area contributed by atoms with Gasteiger partial charge in [-0.1, -0.05) is 23.7 Å². The SMILES string of the molecule is Cc1cc(-c2cccc(Cl)c2)nn(CCN2CCOCC2)c1=O.Cl. The Morgan fingerprint density at radius 2 is 1.96 bits per heavy atom. The molecule has 2 heterocycles. The average molecular weight is 370 g/mol. The van der Waals surface area contributed by atoms with Gasteiger partial charge >= 0.3 is 0 Å². The van der Waals surface area contributed by atoms with Gasteiger partial charge in [0.2, 0.25) is 0 Å². The Hall–Kier alpha value is -1.40. The van der Waals surface area contributed by atoms with Gasteiger partial charge in [-0.3, -0.25) is 9.69 Å². The highest BCUT2D eigenvalue weighted by atomic mass is 35.5. The molecule has 1 aliphatic heterocycles. The first kappa shape index (κ1) is 18.9. The Morgan fingerprint density at radius 1 is 1.21 bits per heavy atom. The van der Waals surface area contributed by atoms with Crippen LogP contribution >= 0.6 is 24.0 Å². The minimum atomic E-state index is -0.0379. The highest BCUT2D eigenvalue weighted by molar-refractivity contribution is 6.30. The second-order valence-electron chi connectivity index (χ2n) is 5.71. The van der Waals surface area contributed by atoms with E-state index in [-0.39, 0.29) is 18.0 Å². The van der Waals surface area contributed by atoms with E-state index in [4.69, 9.17) is 16.3 Å². The number of ether oxygens (including phenoxy) is 1. The number of hydrogen-bond acceptors (Lipinski definition) is 4. The molecule has 24 heavy (non-hydrogen) atoms. The molecule has 0 unspecified atom stereocenters. The lowest BCUT2D eigenvalue weighted by Gasteiger charge is -2.26. The maximum absolute atomic E-state index is 12.3. The van der Waals surface area contributed by atoms with E-state index in [1.165, 1.54) is 0 Å². The van der Waals surface area contributed by atoms with Crippen LogP contribution in [0.5, 0.6) is 0 Å². The number of nitrogens with zero attached hydrogens (tertiary/aromatic N) is 3. The van der Waals surface area contributed by atoms with Gasteiger partial charge in [-0.05, 0) is 25.1 Å². The number of benzene rings is 1. The van der Waals surface area contributed by atoms with Gasteiger partial charge in [-0.25, -0.2) is 4.68 Å². The molecule has 5 nitrogen and oxygen atoms in total. The fraction of sp³-hybridized carbons (Fsp3) is 0.412. The first-order valence-corrected chi connectivity index (χ1v) is 8.16. The van der Waals surface area contributed by atoms with Crippen LogP contribution in [0.25, 0.3) is 11.3 Å². The molecular weight excluding hydrogens is 349 g/mol. The standard InChI is InChI=1S/C17H20ClN3O2.ClH/c1-13-11-16(14-3-2-4-15(18)12-14)19-21(17(13)22)6-5-20-7-9-23-10-8-20;/h2-4,11-12H,5-10H2,1H3;1H. The van der Waals surface area contributed by atoms with Crippen molar-refractivity contribution in [2.45, 2.75) is 13.5 Å². The number of aromatic nitrogens is 2. The van der Waals surface area contributed by atoms with Gasteiger partial charge in [0.25, 0.3) is 5.56 Å². The van der Waals surface area contributed by atoms with E-state index in [2.05, 4.69) is 10.00 Å². The molecule has 0 bridgehead atoms. The molecule has 2 aromatic rings. The smallest absolute Gasteiger partial charge is 0.269 e. The zero-order valence-corrected chi connectivity index (χ0v) is 15.1. The first-order valence-electron chi connectivity index (χ1n) is 7.78. The van der Waals surface area contributed by atoms with Crippen LogP contribution < -0.4 is 5.56 Å². The van der Waals surface area contributed by atoms with E-state index in [1.54, 1.807) is 4.68 Å². The number of morpholine rings is 1. The van der Waals surface area contributed by atoms with Crippen molar-refractivity contribution in [2.24, 2.45) is 0 Å². The van der Waals surface area contributed by atoms with Crippen LogP contribution in [-0.2, 0) is 11.3 Å². The fourth-order valence-electron chi connectivity index (χ4n) is 2.68. The van der Waals surface area contributed by atoms with Crippen LogP contribution in [0.2, 0.25) is 5.02 Å². The molecule has 130 valence electrons. The number of rotatable bonds is 4. The topological polar surface area (TPSA) is 47.4 Å². The predicted molar refractivity (Wildman–Crippen MR) is 98.2 cm³/mol. The molecule has 1 aromatic heterocycles. The molecule has 1 saturated heterocycles. The van der Waals surface area contributed by atoms with Crippen molar-refractivity contribution in [1.29, 1.82) is 0 Å². The van der Waals surface area contributed by atoms with Crippen molar-refractivity contribution >= 4 is 24.0 Å². The summed E-state index contributed by atoms with van der Waals surface area (Å²) in [6, 6.07) is 9.34. The summed E-state index contributed by atoms with van der Waals surface area (Å²) in [5.74, 6) is 0. The molecule has 0 aliphatic carbocycles. The molecule has 1 aliphatic rings. The summed E-state index contributed by atoms with van der Waals surface area (Å²) < 4.78 is 6.90. The van der Waals surface area contributed by atoms with Crippen molar-refractivity contribution in [3.8, 4) is 11.3 Å². The monoisotopic (exact) mass is 369 g/mol. The highest BCUT2D eigenvalue weighted by Crippen LogP contribution is 2.20. The maximum Gasteiger partial charge on any atom is 0.269 e. The predicted octanol–water partition coefficient (Wildman–Crippen LogP) is 2.63. The molecule has 0 saturated carbocycles. The lowest BCUT2D eigenvalue weighted by atomic mass is 10.1. The highest BCUT2D eigenvalue weighted by Gasteiger charge is 2.12. The van der Waals surface area contributed by atoms with Gasteiger partial charge in [0, 0.05) is 35.8 Å². The van der Waals surface area contributed by atoms with Crippen LogP contribution in [0.15, 0.2) is 35.1 Å². The number of halogens is 2. The van der Waals surface area contributed by atoms with Crippen LogP contribution in [0.3, 0.4) is 0 Å². The molecule has 0 atom stereocenters. The Balaban J connectivity index is 0.00000208. The van der Waals surface area contributed by atoms with Gasteiger partial charge in [-0.2, -0.15) is 5.10 Å². The zero-order valence-electron chi connectivity index (χ0n) is 13.6. The average Bonchev–Trinajstić information content (AvgIpc) is 2.57. The van der Waals surface area contributed by atoms with Gasteiger partial charge in [-0.15, -0.1) is 12.4 Å². The molecule has 0 radical (unpaired) electrons. The summed E-state index contributed by atoms with van der Waals surface area (Å²) in [6.07, 6.45) is 0. The summed E-state index contributed by atoms with van der Waals surface area (Å²) in [4.78, 5) is 14.6. The quantitative estimate of drug-likeness (QED) is 0.830. The maximum atomic E-state index is 12.3. The number of aryl methyl sites for hydroxylation is 1. The molecule has 1 aromatic carbocycles. The summed E-state index contributed by atoms with van der Waals surface area (Å²) in [5, 5.41) is 5.18. The largest absolute Gasteiger partial charge is 0.379 e. The zero-order chi connectivity index (χ0) is 16.2. The van der Waals surface area contributed by atoms with Crippen LogP contribution in [0.1, 0.15) is 5.56 Å². The van der Waals surface area contributed by atoms with Crippen molar-refractivity contribution < 1.29 is 4.74 Å². The summed E-state index contributed by atoms with van der Waals surface area (Å²) in [7, 11) is 0. The second-order valence-corrected chi connectivity index (χ2v) is 6.14. The van der Waals surface area contributed by atoms with E-state index in [1.807, 2.05) is 37.3 Å². The molecule has 0 spiro atoms. The molecule has 0 N–H and O–H groups in total. The van der Waals surface area contributed by atoms with E-state index in [0.717, 1.165) is 44.1 Å². The minimum absolute atomic E-state index is 0. The molecule has 7 heteroatoms.